The van der Waals surface area contributed by atoms with Gasteiger partial charge in [-0.05, 0) is 56.5 Å². The van der Waals surface area contributed by atoms with Crippen LogP contribution in [0.15, 0.2) is 99.6 Å². The molecule has 0 unspecified atom stereocenters. The van der Waals surface area contributed by atoms with Gasteiger partial charge < -0.3 is 9.29 Å². The summed E-state index contributed by atoms with van der Waals surface area (Å²) in [6, 6.07) is 30.2. The number of unbranched alkanes of at least 4 members (excludes halogenated alkanes) is 2. The molecule has 0 aliphatic rings. The number of carbonyl (C=O) groups is 1. The highest BCUT2D eigenvalue weighted by atomic mass is 79.9. The summed E-state index contributed by atoms with van der Waals surface area (Å²) >= 11 is 3.14. The lowest BCUT2D eigenvalue weighted by atomic mass is 10.2. The van der Waals surface area contributed by atoms with Crippen molar-refractivity contribution in [2.45, 2.75) is 46.1 Å². The summed E-state index contributed by atoms with van der Waals surface area (Å²) in [5, 5.41) is -4.28. The van der Waals surface area contributed by atoms with Crippen LogP contribution in [0.4, 0.5) is 8.78 Å². The maximum absolute atomic E-state index is 12.5. The smallest absolute Gasteiger partial charge is 0.428 e. The van der Waals surface area contributed by atoms with Gasteiger partial charge in [0, 0.05) is 10.9 Å². The van der Waals surface area contributed by atoms with E-state index in [9.17, 15) is 26.5 Å². The van der Waals surface area contributed by atoms with Crippen molar-refractivity contribution >= 4 is 42.9 Å². The van der Waals surface area contributed by atoms with E-state index in [0.717, 1.165) is 11.8 Å². The van der Waals surface area contributed by atoms with E-state index < -0.39 is 21.3 Å². The second-order valence-corrected chi connectivity index (χ2v) is 11.8. The molecule has 0 fully saturated rings. The van der Waals surface area contributed by atoms with Gasteiger partial charge in [0.2, 0.25) is 0 Å². The molecule has 0 spiro atoms. The molecule has 0 N–H and O–H groups in total. The van der Waals surface area contributed by atoms with Crippen LogP contribution in [0.3, 0.4) is 0 Å². The molecular weight excluding hydrogens is 574 g/mol. The van der Waals surface area contributed by atoms with Crippen LogP contribution >= 0.6 is 15.9 Å². The number of aryl methyl sites for hydroxylation is 1. The first-order chi connectivity index (χ1) is 17.1. The quantitative estimate of drug-likeness (QED) is 0.0893. The predicted octanol–water partition coefficient (Wildman–Crippen LogP) is 6.32. The van der Waals surface area contributed by atoms with Crippen LogP contribution in [0.25, 0.3) is 0 Å². The molecule has 0 amide bonds. The first-order valence-corrected chi connectivity index (χ1v) is 14.8. The minimum atomic E-state index is -6.01. The Hall–Kier alpha value is -2.27. The lowest BCUT2D eigenvalue weighted by Gasteiger charge is -2.17. The topological polar surface area (TPSA) is 83.5 Å². The third kappa shape index (κ3) is 8.69. The number of carbonyl (C=O) groups excluding carboxylic acids is 1. The second kappa shape index (κ2) is 14.5. The highest BCUT2D eigenvalue weighted by molar-refractivity contribution is 9.09. The summed E-state index contributed by atoms with van der Waals surface area (Å²) in [6.07, 6.45) is 1.73. The van der Waals surface area contributed by atoms with Crippen molar-refractivity contribution in [3.63, 3.8) is 0 Å². The fourth-order valence-electron chi connectivity index (χ4n) is 3.01. The molecular formula is C26H27BrF2O5S2. The zero-order valence-electron chi connectivity index (χ0n) is 19.6. The van der Waals surface area contributed by atoms with E-state index in [0.29, 0.717) is 12.8 Å². The molecule has 0 aliphatic carbocycles. The van der Waals surface area contributed by atoms with E-state index in [4.69, 9.17) is 0 Å². The summed E-state index contributed by atoms with van der Waals surface area (Å²) in [5.41, 5.74) is 1.35. The molecule has 3 rings (SSSR count). The summed E-state index contributed by atoms with van der Waals surface area (Å²) in [4.78, 5) is 14.7. The van der Waals surface area contributed by atoms with Crippen LogP contribution < -0.4 is 0 Å². The van der Waals surface area contributed by atoms with Crippen LogP contribution in [-0.2, 0) is 30.5 Å². The van der Waals surface area contributed by atoms with E-state index in [1.165, 1.54) is 20.2 Å². The van der Waals surface area contributed by atoms with Crippen LogP contribution in [0.1, 0.15) is 24.8 Å². The average Bonchev–Trinajstić information content (AvgIpc) is 2.86. The number of halogens is 3. The highest BCUT2D eigenvalue weighted by Gasteiger charge is 2.48. The molecule has 0 radical (unpaired) electrons. The fourth-order valence-corrected chi connectivity index (χ4v) is 5.92. The van der Waals surface area contributed by atoms with Gasteiger partial charge in [-0.15, -0.1) is 0 Å². The predicted molar refractivity (Wildman–Crippen MR) is 139 cm³/mol. The van der Waals surface area contributed by atoms with Crippen LogP contribution in [0, 0.1) is 6.92 Å². The standard InChI is InChI=1S/C19H17S.C7H11BrF2O5S/c1-16-10-8-9-15-19(16)20(17-11-4-2-5-12-17)18-13-6-3-7-14-18;8-4-2-1-3-5-15-6(11)7(9,10)16(12,13)14/h2-15H,1H3;1-5H2,(H,12,13,14)/q+1;/p-1. The van der Waals surface area contributed by atoms with Gasteiger partial charge in [-0.25, -0.2) is 13.2 Å². The first-order valence-electron chi connectivity index (χ1n) is 11.1. The second-order valence-electron chi connectivity index (χ2n) is 7.55. The summed E-state index contributed by atoms with van der Waals surface area (Å²) in [5.74, 6) is -2.32. The number of benzene rings is 3. The Morgan fingerprint density at radius 1 is 0.889 bits per heavy atom. The molecule has 0 aromatic heterocycles. The number of hydrogen-bond acceptors (Lipinski definition) is 5. The molecule has 36 heavy (non-hydrogen) atoms. The third-order valence-electron chi connectivity index (χ3n) is 4.83. The van der Waals surface area contributed by atoms with E-state index in [-0.39, 0.29) is 17.5 Å². The molecule has 0 saturated carbocycles. The monoisotopic (exact) mass is 600 g/mol. The Balaban J connectivity index is 0.000000262. The van der Waals surface area contributed by atoms with E-state index >= 15 is 0 Å². The Bertz CT molecular complexity index is 1150. The summed E-state index contributed by atoms with van der Waals surface area (Å²) < 4.78 is 59.1. The lowest BCUT2D eigenvalue weighted by Crippen LogP contribution is -2.39. The van der Waals surface area contributed by atoms with Crippen molar-refractivity contribution in [1.82, 2.24) is 0 Å². The van der Waals surface area contributed by atoms with Crippen molar-refractivity contribution in [1.29, 1.82) is 0 Å². The van der Waals surface area contributed by atoms with Gasteiger partial charge in [-0.1, -0.05) is 70.5 Å². The minimum Gasteiger partial charge on any atom is -0.743 e. The maximum Gasteiger partial charge on any atom is 0.428 e. The molecule has 0 heterocycles. The number of hydrogen-bond donors (Lipinski definition) is 0. The van der Waals surface area contributed by atoms with Crippen LogP contribution in [0.2, 0.25) is 0 Å². The van der Waals surface area contributed by atoms with Crippen molar-refractivity contribution in [2.24, 2.45) is 0 Å². The molecule has 0 saturated heterocycles. The van der Waals surface area contributed by atoms with Crippen LogP contribution in [0.5, 0.6) is 0 Å². The first kappa shape index (κ1) is 30.0. The number of alkyl halides is 3. The van der Waals surface area contributed by atoms with Gasteiger partial charge in [0.25, 0.3) is 0 Å². The Kier molecular flexibility index (Phi) is 12.0. The number of esters is 1. The fraction of sp³-hybridized carbons (Fsp3) is 0.269. The summed E-state index contributed by atoms with van der Waals surface area (Å²) in [7, 11) is -6.04. The Morgan fingerprint density at radius 2 is 1.39 bits per heavy atom. The van der Waals surface area contributed by atoms with E-state index in [1.54, 1.807) is 0 Å². The largest absolute Gasteiger partial charge is 0.743 e. The zero-order valence-corrected chi connectivity index (χ0v) is 22.8. The molecule has 0 atom stereocenters. The molecule has 5 nitrogen and oxygen atoms in total. The Morgan fingerprint density at radius 3 is 1.86 bits per heavy atom. The Labute approximate surface area is 222 Å². The van der Waals surface area contributed by atoms with Crippen molar-refractivity contribution < 1.29 is 31.3 Å². The number of ether oxygens (including phenoxy) is 1. The summed E-state index contributed by atoms with van der Waals surface area (Å²) in [6.45, 7) is 1.86. The molecule has 3 aromatic carbocycles. The number of rotatable bonds is 10. The van der Waals surface area contributed by atoms with E-state index in [2.05, 4.69) is 113 Å². The minimum absolute atomic E-state index is 0.0262. The van der Waals surface area contributed by atoms with Crippen LogP contribution in [-0.4, -0.2) is 36.1 Å². The van der Waals surface area contributed by atoms with Gasteiger partial charge in [0.1, 0.15) is 0 Å². The van der Waals surface area contributed by atoms with Gasteiger partial charge in [-0.3, -0.25) is 0 Å². The molecule has 0 aliphatic heterocycles. The zero-order chi connectivity index (χ0) is 26.6. The molecule has 194 valence electrons. The van der Waals surface area contributed by atoms with Crippen molar-refractivity contribution in [3.05, 3.63) is 90.5 Å². The van der Waals surface area contributed by atoms with Gasteiger partial charge >= 0.3 is 11.2 Å². The molecule has 0 bridgehead atoms. The van der Waals surface area contributed by atoms with Gasteiger partial charge in [0.15, 0.2) is 24.8 Å². The molecule has 3 aromatic rings. The average molecular weight is 602 g/mol. The molecule has 10 heteroatoms. The third-order valence-corrected chi connectivity index (χ3v) is 8.57. The van der Waals surface area contributed by atoms with E-state index in [1.807, 2.05) is 0 Å². The van der Waals surface area contributed by atoms with Crippen molar-refractivity contribution in [3.8, 4) is 0 Å². The maximum atomic E-state index is 12.5. The normalized spacial score (nSPS) is 11.5. The van der Waals surface area contributed by atoms with Crippen molar-refractivity contribution in [2.75, 3.05) is 11.9 Å². The van der Waals surface area contributed by atoms with Gasteiger partial charge in [0.05, 0.1) is 17.5 Å². The SMILES string of the molecule is Cc1ccccc1[S+](c1ccccc1)c1ccccc1.O=C(OCCCCCBr)C(F)(F)S(=O)(=O)[O-]. The van der Waals surface area contributed by atoms with Gasteiger partial charge in [-0.2, -0.15) is 8.78 Å². The lowest BCUT2D eigenvalue weighted by molar-refractivity contribution is -0.161. The highest BCUT2D eigenvalue weighted by Crippen LogP contribution is 2.32.